The van der Waals surface area contributed by atoms with Crippen molar-refractivity contribution in [3.63, 3.8) is 0 Å². The Morgan fingerprint density at radius 3 is 2.40 bits per heavy atom. The fourth-order valence-electron chi connectivity index (χ4n) is 4.08. The van der Waals surface area contributed by atoms with Crippen LogP contribution in [0.2, 0.25) is 0 Å². The van der Waals surface area contributed by atoms with Crippen molar-refractivity contribution in [1.29, 1.82) is 0 Å². The molecule has 1 aliphatic carbocycles. The molecule has 1 aliphatic heterocycles. The van der Waals surface area contributed by atoms with Crippen molar-refractivity contribution in [1.82, 2.24) is 14.8 Å². The molecule has 5 rings (SSSR count). The Labute approximate surface area is 177 Å². The van der Waals surface area contributed by atoms with Gasteiger partial charge in [0.25, 0.3) is 0 Å². The van der Waals surface area contributed by atoms with E-state index in [1.165, 1.54) is 5.56 Å². The Morgan fingerprint density at radius 2 is 1.73 bits per heavy atom. The minimum absolute atomic E-state index is 0.0207. The first-order valence-corrected chi connectivity index (χ1v) is 9.95. The quantitative estimate of drug-likeness (QED) is 0.634. The monoisotopic (exact) mass is 396 g/mol. The van der Waals surface area contributed by atoms with Crippen LogP contribution in [0, 0.1) is 37.5 Å². The molecule has 0 bridgehead atoms. The van der Waals surface area contributed by atoms with Crippen LogP contribution in [-0.2, 0) is 6.54 Å². The van der Waals surface area contributed by atoms with E-state index in [2.05, 4.69) is 65.0 Å². The van der Waals surface area contributed by atoms with Crippen LogP contribution in [0.5, 0.6) is 5.75 Å². The van der Waals surface area contributed by atoms with Crippen LogP contribution >= 0.6 is 0 Å². The molecule has 0 spiro atoms. The Bertz CT molecular complexity index is 978. The second kappa shape index (κ2) is 8.30. The van der Waals surface area contributed by atoms with Gasteiger partial charge in [0.1, 0.15) is 18.4 Å². The van der Waals surface area contributed by atoms with Crippen molar-refractivity contribution in [2.75, 3.05) is 12.1 Å². The number of anilines is 1. The summed E-state index contributed by atoms with van der Waals surface area (Å²) in [7, 11) is 1.69. The fraction of sp³-hybridized carbons (Fsp3) is 0.167. The Balaban J connectivity index is 1.59. The molecule has 1 fully saturated rings. The average Bonchev–Trinajstić information content (AvgIpc) is 3.56. The van der Waals surface area contributed by atoms with E-state index in [9.17, 15) is 0 Å². The van der Waals surface area contributed by atoms with Crippen molar-refractivity contribution in [3.05, 3.63) is 104 Å². The zero-order valence-corrected chi connectivity index (χ0v) is 16.7. The highest BCUT2D eigenvalue weighted by molar-refractivity contribution is 6.06. The van der Waals surface area contributed by atoms with E-state index in [4.69, 9.17) is 9.84 Å². The van der Waals surface area contributed by atoms with Crippen molar-refractivity contribution in [2.24, 2.45) is 11.0 Å². The van der Waals surface area contributed by atoms with Crippen LogP contribution in [0.3, 0.4) is 0 Å². The minimum atomic E-state index is 0.0207. The van der Waals surface area contributed by atoms with Gasteiger partial charge in [-0.25, -0.2) is 4.98 Å². The molecule has 1 saturated carbocycles. The SMILES string of the molecule is COc1ccc([C@H]2[C@H](Cn3cncn3)C([C]3[CH][CH][CH][CH]3)=NN2c2ccccc2)cc1. The number of hydrogen-bond acceptors (Lipinski definition) is 5. The van der Waals surface area contributed by atoms with Gasteiger partial charge in [-0.3, -0.25) is 9.69 Å². The number of rotatable bonds is 6. The summed E-state index contributed by atoms with van der Waals surface area (Å²) in [5, 5.41) is 11.6. The van der Waals surface area contributed by atoms with E-state index in [1.54, 1.807) is 19.8 Å². The summed E-state index contributed by atoms with van der Waals surface area (Å²) in [6.45, 7) is 0.685. The molecule has 2 heterocycles. The van der Waals surface area contributed by atoms with Gasteiger partial charge in [0, 0.05) is 11.8 Å². The zero-order valence-electron chi connectivity index (χ0n) is 16.7. The number of para-hydroxylation sites is 1. The Morgan fingerprint density at radius 1 is 0.967 bits per heavy atom. The molecule has 0 unspecified atom stereocenters. The smallest absolute Gasteiger partial charge is 0.137 e. The molecule has 2 aliphatic rings. The van der Waals surface area contributed by atoms with Gasteiger partial charge < -0.3 is 4.74 Å². The summed E-state index contributed by atoms with van der Waals surface area (Å²) in [6, 6.07) is 18.6. The lowest BCUT2D eigenvalue weighted by molar-refractivity contribution is 0.413. The number of ether oxygens (including phenoxy) is 1. The van der Waals surface area contributed by atoms with E-state index in [0.717, 1.165) is 23.1 Å². The molecule has 0 amide bonds. The van der Waals surface area contributed by atoms with Crippen LogP contribution in [0.15, 0.2) is 72.4 Å². The molecule has 6 nitrogen and oxygen atoms in total. The Hall–Kier alpha value is -3.15. The predicted octanol–water partition coefficient (Wildman–Crippen LogP) is 3.93. The zero-order chi connectivity index (χ0) is 20.3. The van der Waals surface area contributed by atoms with E-state index < -0.39 is 0 Å². The third-order valence-electron chi connectivity index (χ3n) is 5.50. The van der Waals surface area contributed by atoms with Gasteiger partial charge in [0.15, 0.2) is 0 Å². The molecule has 2 aromatic carbocycles. The molecule has 1 aromatic heterocycles. The highest BCUT2D eigenvalue weighted by Crippen LogP contribution is 2.44. The van der Waals surface area contributed by atoms with Gasteiger partial charge in [-0.2, -0.15) is 10.2 Å². The molecule has 0 N–H and O–H groups in total. The van der Waals surface area contributed by atoms with E-state index in [1.807, 2.05) is 35.0 Å². The molecule has 0 saturated heterocycles. The fourth-order valence-corrected chi connectivity index (χ4v) is 4.08. The molecule has 149 valence electrons. The topological polar surface area (TPSA) is 55.5 Å². The number of hydrogen-bond donors (Lipinski definition) is 0. The highest BCUT2D eigenvalue weighted by Gasteiger charge is 2.43. The number of hydrazone groups is 1. The van der Waals surface area contributed by atoms with Crippen molar-refractivity contribution >= 4 is 11.4 Å². The summed E-state index contributed by atoms with van der Waals surface area (Å²) in [5.74, 6) is 2.08. The summed E-state index contributed by atoms with van der Waals surface area (Å²) >= 11 is 0. The first-order chi connectivity index (χ1) is 14.8. The maximum Gasteiger partial charge on any atom is 0.137 e. The number of aromatic nitrogens is 3. The van der Waals surface area contributed by atoms with Gasteiger partial charge in [-0.05, 0) is 55.5 Å². The van der Waals surface area contributed by atoms with Crippen LogP contribution in [0.4, 0.5) is 5.69 Å². The lowest BCUT2D eigenvalue weighted by Crippen LogP contribution is -2.30. The van der Waals surface area contributed by atoms with Gasteiger partial charge >= 0.3 is 0 Å². The summed E-state index contributed by atoms with van der Waals surface area (Å²) < 4.78 is 7.25. The normalized spacial score (nSPS) is 21.8. The van der Waals surface area contributed by atoms with Crippen molar-refractivity contribution in [2.45, 2.75) is 12.6 Å². The molecular weight excluding hydrogens is 374 g/mol. The van der Waals surface area contributed by atoms with Gasteiger partial charge in [-0.15, -0.1) is 0 Å². The van der Waals surface area contributed by atoms with Crippen LogP contribution in [-0.4, -0.2) is 27.6 Å². The summed E-state index contributed by atoms with van der Waals surface area (Å²) in [6.07, 6.45) is 11.7. The Kier molecular flexibility index (Phi) is 5.22. The van der Waals surface area contributed by atoms with Crippen LogP contribution < -0.4 is 9.75 Å². The standard InChI is InChI=1S/C24H22N5O/c1-30-21-13-11-19(12-14-21)24-22(15-28-17-25-16-26-28)23(18-7-5-6-8-18)27-29(24)20-9-3-2-4-10-20/h2-14,16-17,22,24H,15H2,1H3/t22-,24+/m1/s1. The second-order valence-corrected chi connectivity index (χ2v) is 7.28. The van der Waals surface area contributed by atoms with Crippen molar-refractivity contribution in [3.8, 4) is 5.75 Å². The lowest BCUT2D eigenvalue weighted by atomic mass is 9.83. The molecule has 2 atom stereocenters. The molecule has 3 aromatic rings. The number of benzene rings is 2. The molecule has 6 heteroatoms. The maximum absolute atomic E-state index is 5.37. The number of methoxy groups -OCH3 is 1. The molecule has 5 radical (unpaired) electrons. The number of nitrogens with zero attached hydrogens (tertiary/aromatic N) is 5. The minimum Gasteiger partial charge on any atom is -0.497 e. The lowest BCUT2D eigenvalue weighted by Gasteiger charge is -2.29. The van der Waals surface area contributed by atoms with Crippen LogP contribution in [0.25, 0.3) is 0 Å². The summed E-state index contributed by atoms with van der Waals surface area (Å²) in [4.78, 5) is 4.13. The van der Waals surface area contributed by atoms with Gasteiger partial charge in [0.2, 0.25) is 0 Å². The third kappa shape index (κ3) is 3.58. The van der Waals surface area contributed by atoms with Gasteiger partial charge in [-0.1, -0.05) is 30.3 Å². The van der Waals surface area contributed by atoms with E-state index in [-0.39, 0.29) is 12.0 Å². The van der Waals surface area contributed by atoms with E-state index in [0.29, 0.717) is 6.54 Å². The molecular formula is C24H22N5O. The second-order valence-electron chi connectivity index (χ2n) is 7.28. The molecule has 30 heavy (non-hydrogen) atoms. The third-order valence-corrected chi connectivity index (χ3v) is 5.50. The predicted molar refractivity (Wildman–Crippen MR) is 116 cm³/mol. The van der Waals surface area contributed by atoms with E-state index >= 15 is 0 Å². The summed E-state index contributed by atoms with van der Waals surface area (Å²) in [5.41, 5.74) is 3.29. The average molecular weight is 396 g/mol. The maximum atomic E-state index is 5.37. The first kappa shape index (κ1) is 18.9. The first-order valence-electron chi connectivity index (χ1n) is 9.95. The van der Waals surface area contributed by atoms with Gasteiger partial charge in [0.05, 0.1) is 31.1 Å². The largest absolute Gasteiger partial charge is 0.497 e. The highest BCUT2D eigenvalue weighted by atomic mass is 16.5. The van der Waals surface area contributed by atoms with Crippen molar-refractivity contribution < 1.29 is 4.74 Å². The van der Waals surface area contributed by atoms with Crippen LogP contribution in [0.1, 0.15) is 11.6 Å².